The van der Waals surface area contributed by atoms with Gasteiger partial charge in [-0.3, -0.25) is 14.3 Å². The smallest absolute Gasteiger partial charge is 0.330 e. The number of aromatic nitrogens is 3. The van der Waals surface area contributed by atoms with Crippen LogP contribution in [0.5, 0.6) is 0 Å². The topological polar surface area (TPSA) is 110 Å². The molecule has 0 aliphatic heterocycles. The summed E-state index contributed by atoms with van der Waals surface area (Å²) in [7, 11) is 0. The molecule has 3 aromatic rings. The van der Waals surface area contributed by atoms with Gasteiger partial charge in [0.1, 0.15) is 17.3 Å². The first kappa shape index (κ1) is 20.4. The van der Waals surface area contributed by atoms with Gasteiger partial charge in [-0.25, -0.2) is 4.79 Å². The Morgan fingerprint density at radius 2 is 1.90 bits per heavy atom. The largest absolute Gasteiger partial charge is 0.383 e. The Labute approximate surface area is 169 Å². The van der Waals surface area contributed by atoms with E-state index in [0.29, 0.717) is 25.4 Å². The number of H-pyrrole nitrogens is 1. The average Bonchev–Trinajstić information content (AvgIpc) is 3.00. The van der Waals surface area contributed by atoms with Gasteiger partial charge in [0.2, 0.25) is 0 Å². The van der Waals surface area contributed by atoms with Gasteiger partial charge in [-0.15, -0.1) is 0 Å². The fourth-order valence-electron chi connectivity index (χ4n) is 3.36. The van der Waals surface area contributed by atoms with Crippen molar-refractivity contribution >= 4 is 11.5 Å². The van der Waals surface area contributed by atoms with E-state index in [2.05, 4.69) is 10.1 Å². The Bertz CT molecular complexity index is 1060. The molecule has 1 aromatic carbocycles. The minimum Gasteiger partial charge on any atom is -0.383 e. The molecule has 2 aromatic heterocycles. The van der Waals surface area contributed by atoms with Crippen molar-refractivity contribution in [3.8, 4) is 0 Å². The van der Waals surface area contributed by atoms with Gasteiger partial charge >= 0.3 is 5.69 Å². The molecule has 3 rings (SSSR count). The van der Waals surface area contributed by atoms with Crippen molar-refractivity contribution in [2.75, 3.05) is 10.6 Å². The number of nitrogens with zero attached hydrogens (tertiary/aromatic N) is 3. The molecule has 0 aliphatic carbocycles. The second-order valence-electron chi connectivity index (χ2n) is 7.14. The van der Waals surface area contributed by atoms with Crippen LogP contribution in [0, 0.1) is 13.8 Å². The predicted octanol–water partition coefficient (Wildman–Crippen LogP) is 2.73. The number of hydrogen-bond donors (Lipinski definition) is 2. The van der Waals surface area contributed by atoms with Crippen molar-refractivity contribution in [3.05, 3.63) is 73.8 Å². The zero-order valence-electron chi connectivity index (χ0n) is 17.1. The molecule has 8 nitrogen and oxygen atoms in total. The molecule has 3 N–H and O–H groups in total. The van der Waals surface area contributed by atoms with E-state index in [-0.39, 0.29) is 11.5 Å². The van der Waals surface area contributed by atoms with Crippen molar-refractivity contribution in [1.82, 2.24) is 14.7 Å². The molecule has 0 spiro atoms. The Hall–Kier alpha value is -3.29. The molecule has 0 radical (unpaired) electrons. The standard InChI is InChI=1S/C21H27N5O3/c1-4-5-11-26-19(22)18(20(27)23-21(26)28)25(12-16-9-7-6-8-10-16)13-17-14(2)24-29-15(17)3/h6-10H,4-5,11-13,22H2,1-3H3,(H,23,27,28). The van der Waals surface area contributed by atoms with Crippen LogP contribution in [-0.2, 0) is 19.6 Å². The van der Waals surface area contributed by atoms with Crippen LogP contribution in [-0.4, -0.2) is 14.7 Å². The lowest BCUT2D eigenvalue weighted by Gasteiger charge is -2.26. The minimum absolute atomic E-state index is 0.176. The fourth-order valence-corrected chi connectivity index (χ4v) is 3.36. The van der Waals surface area contributed by atoms with Crippen LogP contribution >= 0.6 is 0 Å². The number of aryl methyl sites for hydroxylation is 2. The highest BCUT2D eigenvalue weighted by Crippen LogP contribution is 2.24. The summed E-state index contributed by atoms with van der Waals surface area (Å²) >= 11 is 0. The molecular weight excluding hydrogens is 370 g/mol. The quantitative estimate of drug-likeness (QED) is 0.605. The van der Waals surface area contributed by atoms with Crippen LogP contribution in [0.25, 0.3) is 0 Å². The average molecular weight is 397 g/mol. The van der Waals surface area contributed by atoms with Gasteiger partial charge in [-0.2, -0.15) is 0 Å². The monoisotopic (exact) mass is 397 g/mol. The molecular formula is C21H27N5O3. The summed E-state index contributed by atoms with van der Waals surface area (Å²) in [5.74, 6) is 0.866. The molecule has 0 saturated heterocycles. The number of nitrogens with one attached hydrogen (secondary N) is 1. The van der Waals surface area contributed by atoms with E-state index in [1.807, 2.05) is 56.0 Å². The molecule has 0 saturated carbocycles. The Balaban J connectivity index is 2.10. The van der Waals surface area contributed by atoms with Crippen molar-refractivity contribution in [2.45, 2.75) is 53.2 Å². The van der Waals surface area contributed by atoms with Crippen LogP contribution in [0.2, 0.25) is 0 Å². The van der Waals surface area contributed by atoms with Gasteiger partial charge in [0.25, 0.3) is 5.56 Å². The summed E-state index contributed by atoms with van der Waals surface area (Å²) in [6.45, 7) is 7.02. The predicted molar refractivity (Wildman–Crippen MR) is 113 cm³/mol. The van der Waals surface area contributed by atoms with E-state index < -0.39 is 11.2 Å². The number of nitrogen functional groups attached to an aromatic ring is 1. The summed E-state index contributed by atoms with van der Waals surface area (Å²) in [6.07, 6.45) is 1.70. The number of benzene rings is 1. The van der Waals surface area contributed by atoms with Crippen molar-refractivity contribution in [2.24, 2.45) is 0 Å². The first-order valence-electron chi connectivity index (χ1n) is 9.75. The maximum atomic E-state index is 12.8. The zero-order valence-corrected chi connectivity index (χ0v) is 17.1. The number of rotatable bonds is 8. The van der Waals surface area contributed by atoms with Crippen molar-refractivity contribution in [1.29, 1.82) is 0 Å². The van der Waals surface area contributed by atoms with Crippen LogP contribution in [0.1, 0.15) is 42.3 Å². The van der Waals surface area contributed by atoms with Crippen LogP contribution < -0.4 is 21.9 Å². The number of hydrogen-bond acceptors (Lipinski definition) is 6. The van der Waals surface area contributed by atoms with Crippen molar-refractivity contribution in [3.63, 3.8) is 0 Å². The van der Waals surface area contributed by atoms with Crippen LogP contribution in [0.15, 0.2) is 44.4 Å². The van der Waals surface area contributed by atoms with E-state index >= 15 is 0 Å². The third kappa shape index (κ3) is 4.42. The maximum absolute atomic E-state index is 12.8. The SMILES string of the molecule is CCCCn1c(N)c(N(Cc2ccccc2)Cc2c(C)noc2C)c(=O)[nH]c1=O. The van der Waals surface area contributed by atoms with Crippen LogP contribution in [0.4, 0.5) is 11.5 Å². The highest BCUT2D eigenvalue weighted by atomic mass is 16.5. The summed E-state index contributed by atoms with van der Waals surface area (Å²) in [5.41, 5.74) is 8.32. The summed E-state index contributed by atoms with van der Waals surface area (Å²) in [5, 5.41) is 4.01. The summed E-state index contributed by atoms with van der Waals surface area (Å²) in [6, 6.07) is 9.79. The van der Waals surface area contributed by atoms with Crippen LogP contribution in [0.3, 0.4) is 0 Å². The first-order chi connectivity index (χ1) is 13.9. The van der Waals surface area contributed by atoms with Gasteiger partial charge in [-0.1, -0.05) is 48.8 Å². The molecule has 2 heterocycles. The second kappa shape index (κ2) is 8.81. The third-order valence-corrected chi connectivity index (χ3v) is 5.01. The highest BCUT2D eigenvalue weighted by Gasteiger charge is 2.22. The number of unbranched alkanes of at least 4 members (excludes halogenated alkanes) is 1. The lowest BCUT2D eigenvalue weighted by atomic mass is 10.1. The number of nitrogens with two attached hydrogens (primary N) is 1. The van der Waals surface area contributed by atoms with E-state index in [9.17, 15) is 9.59 Å². The summed E-state index contributed by atoms with van der Waals surface area (Å²) in [4.78, 5) is 29.4. The molecule has 0 bridgehead atoms. The van der Waals surface area contributed by atoms with E-state index in [1.165, 1.54) is 4.57 Å². The molecule has 8 heteroatoms. The van der Waals surface area contributed by atoms with Gasteiger partial charge in [-0.05, 0) is 25.8 Å². The molecule has 0 fully saturated rings. The maximum Gasteiger partial charge on any atom is 0.330 e. The van der Waals surface area contributed by atoms with Gasteiger partial charge in [0, 0.05) is 25.2 Å². The zero-order chi connectivity index (χ0) is 21.0. The van der Waals surface area contributed by atoms with Gasteiger partial charge in [0.05, 0.1) is 5.69 Å². The molecule has 0 unspecified atom stereocenters. The second-order valence-corrected chi connectivity index (χ2v) is 7.14. The molecule has 0 amide bonds. The molecule has 29 heavy (non-hydrogen) atoms. The van der Waals surface area contributed by atoms with E-state index in [4.69, 9.17) is 10.3 Å². The molecule has 0 aliphatic rings. The summed E-state index contributed by atoms with van der Waals surface area (Å²) < 4.78 is 6.73. The van der Waals surface area contributed by atoms with E-state index in [1.54, 1.807) is 0 Å². The number of anilines is 2. The molecule has 0 atom stereocenters. The minimum atomic E-state index is -0.497. The third-order valence-electron chi connectivity index (χ3n) is 5.01. The molecule has 154 valence electrons. The number of aromatic amines is 1. The lowest BCUT2D eigenvalue weighted by Crippen LogP contribution is -2.38. The van der Waals surface area contributed by atoms with E-state index in [0.717, 1.165) is 29.7 Å². The first-order valence-corrected chi connectivity index (χ1v) is 9.75. The highest BCUT2D eigenvalue weighted by molar-refractivity contribution is 5.63. The Kier molecular flexibility index (Phi) is 6.21. The Morgan fingerprint density at radius 1 is 1.17 bits per heavy atom. The normalized spacial score (nSPS) is 11.0. The van der Waals surface area contributed by atoms with Gasteiger partial charge < -0.3 is 15.2 Å². The lowest BCUT2D eigenvalue weighted by molar-refractivity contribution is 0.392. The Morgan fingerprint density at radius 3 is 2.52 bits per heavy atom. The fraction of sp³-hybridized carbons (Fsp3) is 0.381. The van der Waals surface area contributed by atoms with Crippen molar-refractivity contribution < 1.29 is 4.52 Å². The van der Waals surface area contributed by atoms with Gasteiger partial charge in [0.15, 0.2) is 0 Å².